The van der Waals surface area contributed by atoms with Gasteiger partial charge in [0.25, 0.3) is 5.76 Å². The Balaban J connectivity index is 2.45. The zero-order valence-electron chi connectivity index (χ0n) is 9.90. The fraction of sp³-hybridized carbons (Fsp3) is 0.417. The number of hydrogen-bond donors (Lipinski definition) is 2. The number of carboxylic acids is 1. The van der Waals surface area contributed by atoms with Gasteiger partial charge in [0.15, 0.2) is 0 Å². The molecule has 1 aromatic carbocycles. The topological polar surface area (TPSA) is 49.3 Å². The Morgan fingerprint density at radius 1 is 1.39 bits per heavy atom. The van der Waals surface area contributed by atoms with Gasteiger partial charge in [-0.05, 0) is 37.6 Å². The molecule has 0 aliphatic carbocycles. The number of nitrogens with one attached hydrogen (secondary N) is 1. The molecule has 2 N–H and O–H groups in total. The second-order valence-corrected chi connectivity index (χ2v) is 4.94. The van der Waals surface area contributed by atoms with Crippen LogP contribution in [0, 0.1) is 0 Å². The number of aliphatic carboxylic acids is 1. The third-order valence-electron chi connectivity index (χ3n) is 2.28. The summed E-state index contributed by atoms with van der Waals surface area (Å²) in [5.41, 5.74) is 0.798. The summed E-state index contributed by atoms with van der Waals surface area (Å²) in [4.78, 5) is 10.9. The van der Waals surface area contributed by atoms with Crippen molar-refractivity contribution in [3.05, 3.63) is 24.3 Å². The Labute approximate surface area is 109 Å². The van der Waals surface area contributed by atoms with E-state index in [1.54, 1.807) is 24.3 Å². The molecule has 1 atom stereocenters. The number of carboxylic acid groups (broad SMARTS) is 1. The number of benzene rings is 1. The molecule has 3 nitrogen and oxygen atoms in total. The van der Waals surface area contributed by atoms with Crippen LogP contribution in [0.25, 0.3) is 0 Å². The summed E-state index contributed by atoms with van der Waals surface area (Å²) in [6, 6.07) is 6.67. The number of carbonyl (C=O) groups is 1. The number of rotatable bonds is 7. The van der Waals surface area contributed by atoms with Gasteiger partial charge in [-0.15, -0.1) is 0 Å². The van der Waals surface area contributed by atoms with Crippen molar-refractivity contribution in [3.63, 3.8) is 0 Å². The SMILES string of the molecule is CC(CCC(=O)O)Nc1ccc(SC(F)F)cc1. The first kappa shape index (κ1) is 14.8. The lowest BCUT2D eigenvalue weighted by molar-refractivity contribution is -0.137. The van der Waals surface area contributed by atoms with Crippen LogP contribution in [0.3, 0.4) is 0 Å². The van der Waals surface area contributed by atoms with E-state index in [-0.39, 0.29) is 12.5 Å². The largest absolute Gasteiger partial charge is 0.481 e. The number of anilines is 1. The average Bonchev–Trinajstić information content (AvgIpc) is 2.28. The van der Waals surface area contributed by atoms with Gasteiger partial charge in [-0.25, -0.2) is 0 Å². The summed E-state index contributed by atoms with van der Waals surface area (Å²) in [6.07, 6.45) is 0.621. The maximum absolute atomic E-state index is 12.1. The Morgan fingerprint density at radius 3 is 2.50 bits per heavy atom. The quantitative estimate of drug-likeness (QED) is 0.745. The van der Waals surface area contributed by atoms with Gasteiger partial charge in [-0.3, -0.25) is 4.79 Å². The van der Waals surface area contributed by atoms with E-state index in [0.717, 1.165) is 5.69 Å². The molecule has 0 aromatic heterocycles. The first-order valence-corrected chi connectivity index (χ1v) is 6.38. The van der Waals surface area contributed by atoms with Crippen LogP contribution in [0.15, 0.2) is 29.2 Å². The Kier molecular flexibility index (Phi) is 5.91. The van der Waals surface area contributed by atoms with Crippen molar-refractivity contribution in [2.24, 2.45) is 0 Å². The first-order valence-electron chi connectivity index (χ1n) is 5.50. The second-order valence-electron chi connectivity index (χ2n) is 3.88. The highest BCUT2D eigenvalue weighted by atomic mass is 32.2. The fourth-order valence-electron chi connectivity index (χ4n) is 1.43. The molecule has 1 unspecified atom stereocenters. The van der Waals surface area contributed by atoms with E-state index in [9.17, 15) is 13.6 Å². The zero-order chi connectivity index (χ0) is 13.5. The molecule has 1 rings (SSSR count). The Morgan fingerprint density at radius 2 is 2.00 bits per heavy atom. The molecule has 100 valence electrons. The first-order chi connectivity index (χ1) is 8.47. The summed E-state index contributed by atoms with van der Waals surface area (Å²) in [5, 5.41) is 11.7. The maximum Gasteiger partial charge on any atom is 0.303 e. The molecule has 0 radical (unpaired) electrons. The Hall–Kier alpha value is -1.30. The van der Waals surface area contributed by atoms with Gasteiger partial charge in [0.05, 0.1) is 0 Å². The minimum absolute atomic E-state index is 0.0229. The Bertz CT molecular complexity index is 384. The summed E-state index contributed by atoms with van der Waals surface area (Å²) in [5.74, 6) is -3.24. The highest BCUT2D eigenvalue weighted by Gasteiger charge is 2.07. The van der Waals surface area contributed by atoms with E-state index in [4.69, 9.17) is 5.11 Å². The zero-order valence-corrected chi connectivity index (χ0v) is 10.7. The minimum atomic E-state index is -2.42. The van der Waals surface area contributed by atoms with Crippen LogP contribution < -0.4 is 5.32 Å². The van der Waals surface area contributed by atoms with Gasteiger partial charge in [0.2, 0.25) is 0 Å². The third kappa shape index (κ3) is 5.86. The molecule has 1 aromatic rings. The van der Waals surface area contributed by atoms with E-state index >= 15 is 0 Å². The van der Waals surface area contributed by atoms with Crippen molar-refractivity contribution in [2.45, 2.75) is 36.5 Å². The van der Waals surface area contributed by atoms with Crippen LogP contribution in [0.1, 0.15) is 19.8 Å². The molecule has 0 aliphatic heterocycles. The van der Waals surface area contributed by atoms with Crippen molar-refractivity contribution in [3.8, 4) is 0 Å². The van der Waals surface area contributed by atoms with E-state index in [1.165, 1.54) is 0 Å². The molecule has 0 bridgehead atoms. The average molecular weight is 275 g/mol. The van der Waals surface area contributed by atoms with Gasteiger partial charge in [-0.1, -0.05) is 11.8 Å². The molecule has 0 amide bonds. The van der Waals surface area contributed by atoms with Crippen LogP contribution in [0.5, 0.6) is 0 Å². The van der Waals surface area contributed by atoms with Crippen LogP contribution in [0.4, 0.5) is 14.5 Å². The van der Waals surface area contributed by atoms with Crippen LogP contribution in [-0.4, -0.2) is 22.9 Å². The van der Waals surface area contributed by atoms with Crippen molar-refractivity contribution in [1.29, 1.82) is 0 Å². The fourth-order valence-corrected chi connectivity index (χ4v) is 1.93. The molecule has 0 heterocycles. The lowest BCUT2D eigenvalue weighted by Gasteiger charge is -2.14. The number of halogens is 2. The van der Waals surface area contributed by atoms with Crippen LogP contribution in [-0.2, 0) is 4.79 Å². The lowest BCUT2D eigenvalue weighted by Crippen LogP contribution is -2.16. The number of alkyl halides is 2. The third-order valence-corrected chi connectivity index (χ3v) is 3.01. The predicted octanol–water partition coefficient (Wildman–Crippen LogP) is 3.67. The molecular formula is C12H15F2NO2S. The summed E-state index contributed by atoms with van der Waals surface area (Å²) >= 11 is 0.501. The highest BCUT2D eigenvalue weighted by Crippen LogP contribution is 2.26. The van der Waals surface area contributed by atoms with Crippen molar-refractivity contribution >= 4 is 23.4 Å². The van der Waals surface area contributed by atoms with Gasteiger partial charge in [-0.2, -0.15) is 8.78 Å². The summed E-state index contributed by atoms with van der Waals surface area (Å²) in [7, 11) is 0. The van der Waals surface area contributed by atoms with Gasteiger partial charge in [0.1, 0.15) is 0 Å². The number of thioether (sulfide) groups is 1. The molecular weight excluding hydrogens is 260 g/mol. The van der Waals surface area contributed by atoms with Crippen LogP contribution in [0.2, 0.25) is 0 Å². The van der Waals surface area contributed by atoms with Gasteiger partial charge >= 0.3 is 5.97 Å². The van der Waals surface area contributed by atoms with Crippen molar-refractivity contribution in [1.82, 2.24) is 0 Å². The molecule has 0 aliphatic rings. The van der Waals surface area contributed by atoms with E-state index in [0.29, 0.717) is 23.1 Å². The predicted molar refractivity (Wildman–Crippen MR) is 68.3 cm³/mol. The molecule has 0 saturated carbocycles. The maximum atomic E-state index is 12.1. The summed E-state index contributed by atoms with van der Waals surface area (Å²) in [6.45, 7) is 1.88. The minimum Gasteiger partial charge on any atom is -0.481 e. The van der Waals surface area contributed by atoms with Gasteiger partial charge in [0, 0.05) is 23.0 Å². The van der Waals surface area contributed by atoms with Gasteiger partial charge < -0.3 is 10.4 Å². The van der Waals surface area contributed by atoms with Crippen molar-refractivity contribution < 1.29 is 18.7 Å². The molecule has 0 spiro atoms. The second kappa shape index (κ2) is 7.20. The smallest absolute Gasteiger partial charge is 0.303 e. The van der Waals surface area contributed by atoms with Crippen LogP contribution >= 0.6 is 11.8 Å². The molecule has 6 heteroatoms. The normalized spacial score (nSPS) is 12.4. The summed E-state index contributed by atoms with van der Waals surface area (Å²) < 4.78 is 24.2. The van der Waals surface area contributed by atoms with E-state index in [1.807, 2.05) is 6.92 Å². The number of hydrogen-bond acceptors (Lipinski definition) is 3. The lowest BCUT2D eigenvalue weighted by atomic mass is 10.1. The molecule has 0 saturated heterocycles. The van der Waals surface area contributed by atoms with Crippen molar-refractivity contribution in [2.75, 3.05) is 5.32 Å². The van der Waals surface area contributed by atoms with E-state index in [2.05, 4.69) is 5.32 Å². The molecule has 18 heavy (non-hydrogen) atoms. The highest BCUT2D eigenvalue weighted by molar-refractivity contribution is 7.99. The van der Waals surface area contributed by atoms with E-state index < -0.39 is 11.7 Å². The monoisotopic (exact) mass is 275 g/mol. The molecule has 0 fully saturated rings. The standard InChI is InChI=1S/C12H15F2NO2S/c1-8(2-7-11(16)17)15-9-3-5-10(6-4-9)18-12(13)14/h3-6,8,12,15H,2,7H2,1H3,(H,16,17).